The molecule has 1 atom stereocenters. The van der Waals surface area contributed by atoms with Crippen LogP contribution >= 0.6 is 23.2 Å². The largest absolute Gasteiger partial charge is 0.448 e. The summed E-state index contributed by atoms with van der Waals surface area (Å²) < 4.78 is 7.30. The van der Waals surface area contributed by atoms with Crippen LogP contribution in [0.15, 0.2) is 43.0 Å². The number of halogens is 2. The molecule has 0 aliphatic carbocycles. The second-order valence-corrected chi connectivity index (χ2v) is 8.08. The molecule has 2 aromatic carbocycles. The third-order valence-electron chi connectivity index (χ3n) is 4.36. The summed E-state index contributed by atoms with van der Waals surface area (Å²) in [6, 6.07) is 14.5. The summed E-state index contributed by atoms with van der Waals surface area (Å²) in [5.74, 6) is 0.990. The lowest BCUT2D eigenvalue weighted by atomic mass is 9.72. The molecule has 0 amide bonds. The molecule has 1 N–H and O–H groups in total. The second kappa shape index (κ2) is 7.40. The maximum atomic E-state index is 11.5. The van der Waals surface area contributed by atoms with Gasteiger partial charge in [0.1, 0.15) is 24.0 Å². The second-order valence-electron chi connectivity index (χ2n) is 7.24. The molecule has 1 aromatic heterocycles. The Morgan fingerprint density at radius 3 is 2.41 bits per heavy atom. The first kappa shape index (κ1) is 19.5. The van der Waals surface area contributed by atoms with Crippen molar-refractivity contribution in [2.75, 3.05) is 0 Å². The molecule has 3 aromatic rings. The van der Waals surface area contributed by atoms with Crippen molar-refractivity contribution in [3.05, 3.63) is 70.7 Å². The predicted molar refractivity (Wildman–Crippen MR) is 104 cm³/mol. The molecule has 0 saturated heterocycles. The molecule has 140 valence electrons. The Bertz CT molecular complexity index is 906. The normalized spacial score (nSPS) is 13.7. The molecule has 0 aliphatic rings. The maximum Gasteiger partial charge on any atom is 0.179 e. The SMILES string of the molecule is CC(C)(C)C(O)(Cn1cncn1)c1c#cc(Oc2ccc(Cl)cc2)cc1Cl. The van der Waals surface area contributed by atoms with Gasteiger partial charge in [0.2, 0.25) is 0 Å². The van der Waals surface area contributed by atoms with E-state index in [0.717, 1.165) is 0 Å². The van der Waals surface area contributed by atoms with Crippen molar-refractivity contribution in [3.8, 4) is 11.5 Å². The van der Waals surface area contributed by atoms with Crippen molar-refractivity contribution in [2.24, 2.45) is 5.41 Å². The van der Waals surface area contributed by atoms with Crippen molar-refractivity contribution < 1.29 is 9.84 Å². The summed E-state index contributed by atoms with van der Waals surface area (Å²) >= 11 is 12.4. The summed E-state index contributed by atoms with van der Waals surface area (Å²) in [6.07, 6.45) is 2.97. The topological polar surface area (TPSA) is 60.2 Å². The zero-order valence-electron chi connectivity index (χ0n) is 15.2. The zero-order valence-corrected chi connectivity index (χ0v) is 16.7. The molecule has 7 heteroatoms. The first-order valence-corrected chi connectivity index (χ1v) is 9.07. The Labute approximate surface area is 168 Å². The van der Waals surface area contributed by atoms with Crippen molar-refractivity contribution in [3.63, 3.8) is 0 Å². The van der Waals surface area contributed by atoms with Gasteiger partial charge in [0.25, 0.3) is 0 Å². The fraction of sp³-hybridized carbons (Fsp3) is 0.300. The maximum absolute atomic E-state index is 11.5. The lowest BCUT2D eigenvalue weighted by Crippen LogP contribution is -2.44. The summed E-state index contributed by atoms with van der Waals surface area (Å²) in [6.45, 7) is 5.95. The van der Waals surface area contributed by atoms with E-state index in [9.17, 15) is 5.11 Å². The van der Waals surface area contributed by atoms with Crippen LogP contribution in [0, 0.1) is 17.5 Å². The van der Waals surface area contributed by atoms with E-state index in [1.165, 1.54) is 6.33 Å². The number of aliphatic hydroxyl groups is 1. The van der Waals surface area contributed by atoms with E-state index in [0.29, 0.717) is 27.1 Å². The number of benzene rings is 1. The van der Waals surface area contributed by atoms with Crippen LogP contribution in [0.1, 0.15) is 26.3 Å². The Morgan fingerprint density at radius 1 is 1.15 bits per heavy atom. The highest BCUT2D eigenvalue weighted by Gasteiger charge is 2.44. The van der Waals surface area contributed by atoms with E-state index in [-0.39, 0.29) is 6.54 Å². The van der Waals surface area contributed by atoms with Gasteiger partial charge in [-0.15, -0.1) is 0 Å². The van der Waals surface area contributed by atoms with E-state index < -0.39 is 11.0 Å². The van der Waals surface area contributed by atoms with Gasteiger partial charge in [-0.3, -0.25) is 0 Å². The van der Waals surface area contributed by atoms with Crippen LogP contribution in [0.2, 0.25) is 10.0 Å². The molecule has 0 spiro atoms. The van der Waals surface area contributed by atoms with Crippen molar-refractivity contribution >= 4 is 23.2 Å². The van der Waals surface area contributed by atoms with Crippen LogP contribution in [0.3, 0.4) is 0 Å². The van der Waals surface area contributed by atoms with E-state index in [1.807, 2.05) is 20.8 Å². The van der Waals surface area contributed by atoms with Crippen LogP contribution in [-0.4, -0.2) is 19.9 Å². The number of ether oxygens (including phenoxy) is 1. The smallest absolute Gasteiger partial charge is 0.179 e. The van der Waals surface area contributed by atoms with Gasteiger partial charge in [0, 0.05) is 11.1 Å². The van der Waals surface area contributed by atoms with Crippen LogP contribution in [0.25, 0.3) is 0 Å². The molecule has 0 radical (unpaired) electrons. The lowest BCUT2D eigenvalue weighted by molar-refractivity contribution is -0.0804. The van der Waals surface area contributed by atoms with Gasteiger partial charge in [-0.25, -0.2) is 9.67 Å². The zero-order chi connectivity index (χ0) is 19.7. The van der Waals surface area contributed by atoms with Crippen molar-refractivity contribution in [1.29, 1.82) is 0 Å². The number of hydrogen-bond donors (Lipinski definition) is 1. The molecular weight excluding hydrogens is 385 g/mol. The third-order valence-corrected chi connectivity index (χ3v) is 4.91. The Hall–Kier alpha value is -2.26. The Balaban J connectivity index is 1.93. The minimum Gasteiger partial charge on any atom is -0.448 e. The van der Waals surface area contributed by atoms with Gasteiger partial charge in [-0.05, 0) is 35.7 Å². The molecule has 27 heavy (non-hydrogen) atoms. The van der Waals surface area contributed by atoms with Gasteiger partial charge in [-0.1, -0.05) is 50.0 Å². The average Bonchev–Trinajstić information content (AvgIpc) is 3.09. The minimum atomic E-state index is -1.34. The molecule has 5 nitrogen and oxygen atoms in total. The van der Waals surface area contributed by atoms with E-state index >= 15 is 0 Å². The number of rotatable bonds is 5. The van der Waals surface area contributed by atoms with Crippen LogP contribution in [-0.2, 0) is 12.1 Å². The summed E-state index contributed by atoms with van der Waals surface area (Å²) in [4.78, 5) is 3.93. The van der Waals surface area contributed by atoms with Gasteiger partial charge < -0.3 is 9.84 Å². The first-order valence-electron chi connectivity index (χ1n) is 8.31. The lowest BCUT2D eigenvalue weighted by Gasteiger charge is -2.40. The van der Waals surface area contributed by atoms with Crippen LogP contribution in [0.4, 0.5) is 0 Å². The highest BCUT2D eigenvalue weighted by molar-refractivity contribution is 6.31. The molecular formula is C20H19Cl2N3O2. The summed E-state index contributed by atoms with van der Waals surface area (Å²) in [5, 5.41) is 16.5. The van der Waals surface area contributed by atoms with Crippen molar-refractivity contribution in [1.82, 2.24) is 14.8 Å². The van der Waals surface area contributed by atoms with Crippen LogP contribution in [0.5, 0.6) is 11.5 Å². The summed E-state index contributed by atoms with van der Waals surface area (Å²) in [7, 11) is 0. The fourth-order valence-corrected chi connectivity index (χ4v) is 3.06. The standard InChI is InChI=1S/C20H19Cl2N3O2/c1-19(2,3)20(26,11-25-13-23-12-24-25)17-9-8-16(10-18(17)22)27-15-6-4-14(21)5-7-15/h4-7,10,12-13,26H,11H2,1-3H3. The molecule has 1 heterocycles. The van der Waals surface area contributed by atoms with Gasteiger partial charge in [-0.2, -0.15) is 5.10 Å². The quantitative estimate of drug-likeness (QED) is 0.657. The van der Waals surface area contributed by atoms with E-state index in [4.69, 9.17) is 27.9 Å². The molecule has 3 rings (SSSR count). The average molecular weight is 404 g/mol. The van der Waals surface area contributed by atoms with Gasteiger partial charge >= 0.3 is 0 Å². The highest BCUT2D eigenvalue weighted by Crippen LogP contribution is 2.43. The molecule has 0 saturated carbocycles. The fourth-order valence-electron chi connectivity index (χ4n) is 2.63. The number of aromatic nitrogens is 3. The predicted octanol–water partition coefficient (Wildman–Crippen LogP) is 4.91. The molecule has 0 fully saturated rings. The Morgan fingerprint density at radius 2 is 1.85 bits per heavy atom. The highest BCUT2D eigenvalue weighted by atomic mass is 35.5. The number of hydrogen-bond acceptors (Lipinski definition) is 4. The van der Waals surface area contributed by atoms with Crippen LogP contribution < -0.4 is 4.74 Å². The van der Waals surface area contributed by atoms with Crippen molar-refractivity contribution in [2.45, 2.75) is 32.9 Å². The molecule has 1 unspecified atom stereocenters. The minimum absolute atomic E-state index is 0.179. The van der Waals surface area contributed by atoms with E-state index in [2.05, 4.69) is 22.2 Å². The van der Waals surface area contributed by atoms with Gasteiger partial charge in [0.05, 0.1) is 17.1 Å². The monoisotopic (exact) mass is 403 g/mol. The summed E-state index contributed by atoms with van der Waals surface area (Å²) in [5.41, 5.74) is -1.46. The molecule has 0 bridgehead atoms. The number of nitrogens with zero attached hydrogens (tertiary/aromatic N) is 3. The van der Waals surface area contributed by atoms with Gasteiger partial charge in [0.15, 0.2) is 5.75 Å². The van der Waals surface area contributed by atoms with E-state index in [1.54, 1.807) is 41.3 Å². The first-order chi connectivity index (χ1) is 12.7. The Kier molecular flexibility index (Phi) is 5.34. The third kappa shape index (κ3) is 4.19. The molecule has 0 aliphatic heterocycles.